The highest BCUT2D eigenvalue weighted by Gasteiger charge is 2.42. The topological polar surface area (TPSA) is 6.48 Å². The van der Waals surface area contributed by atoms with Crippen molar-refractivity contribution in [2.45, 2.75) is 11.7 Å². The fourth-order valence-electron chi connectivity index (χ4n) is 3.64. The molecule has 0 N–H and O–H groups in total. The van der Waals surface area contributed by atoms with Crippen LogP contribution in [0.1, 0.15) is 11.1 Å². The molecule has 2 aliphatic heterocycles. The van der Waals surface area contributed by atoms with E-state index in [-0.39, 0.29) is 11.7 Å². The lowest BCUT2D eigenvalue weighted by atomic mass is 9.79. The zero-order chi connectivity index (χ0) is 15.7. The van der Waals surface area contributed by atoms with Crippen molar-refractivity contribution < 1.29 is 0 Å². The molecule has 2 aromatic rings. The van der Waals surface area contributed by atoms with Crippen LogP contribution in [0.5, 0.6) is 0 Å². The van der Waals surface area contributed by atoms with Gasteiger partial charge in [-0.25, -0.2) is 0 Å². The van der Waals surface area contributed by atoms with Gasteiger partial charge in [-0.05, 0) is 36.4 Å². The van der Waals surface area contributed by atoms with Crippen LogP contribution in [0.2, 0.25) is 0 Å². The summed E-state index contributed by atoms with van der Waals surface area (Å²) in [5, 5.41) is 0. The third kappa shape index (κ3) is 2.14. The van der Waals surface area contributed by atoms with Gasteiger partial charge in [-0.1, -0.05) is 66.7 Å². The Balaban J connectivity index is 1.94. The van der Waals surface area contributed by atoms with Gasteiger partial charge in [-0.3, -0.25) is 4.90 Å². The largest absolute Gasteiger partial charge is 0.335 e. The molecule has 0 bridgehead atoms. The van der Waals surface area contributed by atoms with Gasteiger partial charge in [0, 0.05) is 12.4 Å². The molecule has 2 nitrogen and oxygen atoms in total. The lowest BCUT2D eigenvalue weighted by molar-refractivity contribution is 0.0794. The van der Waals surface area contributed by atoms with Gasteiger partial charge in [0.25, 0.3) is 0 Å². The minimum atomic E-state index is -0.265. The molecule has 0 spiro atoms. The Labute approximate surface area is 137 Å². The van der Waals surface area contributed by atoms with Gasteiger partial charge in [0.15, 0.2) is 0 Å². The first-order valence-electron chi connectivity index (χ1n) is 7.98. The summed E-state index contributed by atoms with van der Waals surface area (Å²) in [6.07, 6.45) is 13.3. The van der Waals surface area contributed by atoms with Crippen LogP contribution in [0.3, 0.4) is 0 Å². The van der Waals surface area contributed by atoms with Crippen molar-refractivity contribution in [1.29, 1.82) is 0 Å². The monoisotopic (exact) mass is 300 g/mol. The molecule has 0 aromatic heterocycles. The Morgan fingerprint density at radius 2 is 1.39 bits per heavy atom. The molecule has 1 atom stereocenters. The molecule has 23 heavy (non-hydrogen) atoms. The maximum atomic E-state index is 2.43. The Kier molecular flexibility index (Phi) is 3.40. The van der Waals surface area contributed by atoms with Crippen molar-refractivity contribution in [2.75, 3.05) is 7.05 Å². The summed E-state index contributed by atoms with van der Waals surface area (Å²) in [5.74, 6) is 0. The van der Waals surface area contributed by atoms with E-state index in [0.29, 0.717) is 0 Å². The van der Waals surface area contributed by atoms with E-state index >= 15 is 0 Å². The molecule has 2 heterocycles. The second-order valence-corrected chi connectivity index (χ2v) is 6.01. The van der Waals surface area contributed by atoms with Crippen LogP contribution in [0.15, 0.2) is 97.4 Å². The number of rotatable bonds is 2. The summed E-state index contributed by atoms with van der Waals surface area (Å²) in [7, 11) is 2.20. The number of fused-ring (bicyclic) bond motifs is 1. The van der Waals surface area contributed by atoms with E-state index in [1.807, 2.05) is 0 Å². The molecule has 0 saturated heterocycles. The fourth-order valence-corrected chi connectivity index (χ4v) is 3.64. The van der Waals surface area contributed by atoms with Crippen molar-refractivity contribution >= 4 is 0 Å². The SMILES string of the molecule is CN1C2C=CC=CN2C=CC1(c1ccccc1)c1ccccc1. The van der Waals surface area contributed by atoms with Crippen LogP contribution in [0.25, 0.3) is 0 Å². The summed E-state index contributed by atoms with van der Waals surface area (Å²) < 4.78 is 0. The second-order valence-electron chi connectivity index (χ2n) is 6.01. The number of hydrogen-bond acceptors (Lipinski definition) is 2. The van der Waals surface area contributed by atoms with Crippen molar-refractivity contribution in [3.63, 3.8) is 0 Å². The molecule has 0 amide bonds. The highest BCUT2D eigenvalue weighted by atomic mass is 15.4. The molecule has 0 saturated carbocycles. The summed E-state index contributed by atoms with van der Waals surface area (Å²) in [6.45, 7) is 0. The molecule has 1 unspecified atom stereocenters. The van der Waals surface area contributed by atoms with Crippen molar-refractivity contribution in [1.82, 2.24) is 9.80 Å². The van der Waals surface area contributed by atoms with E-state index in [1.165, 1.54) is 11.1 Å². The van der Waals surface area contributed by atoms with Crippen molar-refractivity contribution in [3.05, 3.63) is 108 Å². The fraction of sp³-hybridized carbons (Fsp3) is 0.143. The first-order chi connectivity index (χ1) is 11.3. The molecule has 2 aliphatic rings. The van der Waals surface area contributed by atoms with Crippen LogP contribution in [-0.2, 0) is 5.54 Å². The molecular formula is C21H20N2. The minimum absolute atomic E-state index is 0.213. The predicted molar refractivity (Wildman–Crippen MR) is 94.5 cm³/mol. The molecule has 2 heteroatoms. The highest BCUT2D eigenvalue weighted by molar-refractivity contribution is 5.45. The van der Waals surface area contributed by atoms with E-state index in [0.717, 1.165) is 0 Å². The lowest BCUT2D eigenvalue weighted by Gasteiger charge is -2.50. The number of hydrogen-bond donors (Lipinski definition) is 0. The molecule has 114 valence electrons. The first-order valence-corrected chi connectivity index (χ1v) is 7.98. The molecule has 0 aliphatic carbocycles. The zero-order valence-corrected chi connectivity index (χ0v) is 13.2. The van der Waals surface area contributed by atoms with Gasteiger partial charge in [-0.15, -0.1) is 0 Å². The van der Waals surface area contributed by atoms with Crippen LogP contribution in [0.4, 0.5) is 0 Å². The maximum Gasteiger partial charge on any atom is 0.106 e. The Hall–Kier alpha value is -2.58. The third-order valence-electron chi connectivity index (χ3n) is 4.83. The van der Waals surface area contributed by atoms with E-state index in [4.69, 9.17) is 0 Å². The van der Waals surface area contributed by atoms with Crippen molar-refractivity contribution in [2.24, 2.45) is 0 Å². The van der Waals surface area contributed by atoms with Gasteiger partial charge in [0.05, 0.1) is 5.54 Å². The third-order valence-corrected chi connectivity index (χ3v) is 4.83. The summed E-state index contributed by atoms with van der Waals surface area (Å²) in [6, 6.07) is 21.5. The maximum absolute atomic E-state index is 2.43. The van der Waals surface area contributed by atoms with Crippen molar-refractivity contribution in [3.8, 4) is 0 Å². The molecule has 0 radical (unpaired) electrons. The molecule has 0 fully saturated rings. The van der Waals surface area contributed by atoms with Crippen LogP contribution < -0.4 is 0 Å². The highest BCUT2D eigenvalue weighted by Crippen LogP contribution is 2.41. The number of likely N-dealkylation sites (N-methyl/N-ethyl adjacent to an activating group) is 1. The van der Waals surface area contributed by atoms with Gasteiger partial charge in [0.2, 0.25) is 0 Å². The van der Waals surface area contributed by atoms with Gasteiger partial charge in [-0.2, -0.15) is 0 Å². The van der Waals surface area contributed by atoms with Crippen LogP contribution in [-0.4, -0.2) is 23.0 Å². The Morgan fingerprint density at radius 3 is 2.00 bits per heavy atom. The number of nitrogens with zero attached hydrogens (tertiary/aromatic N) is 2. The predicted octanol–water partition coefficient (Wildman–Crippen LogP) is 4.10. The lowest BCUT2D eigenvalue weighted by Crippen LogP contribution is -2.55. The summed E-state index contributed by atoms with van der Waals surface area (Å²) in [5.41, 5.74) is 2.30. The average molecular weight is 300 g/mol. The van der Waals surface area contributed by atoms with E-state index in [2.05, 4.69) is 114 Å². The van der Waals surface area contributed by atoms with Gasteiger partial charge >= 0.3 is 0 Å². The number of allylic oxidation sites excluding steroid dienone is 2. The Bertz CT molecular complexity index is 719. The average Bonchev–Trinajstić information content (AvgIpc) is 2.64. The van der Waals surface area contributed by atoms with Crippen LogP contribution >= 0.6 is 0 Å². The minimum Gasteiger partial charge on any atom is -0.335 e. The van der Waals surface area contributed by atoms with Crippen LogP contribution in [0, 0.1) is 0 Å². The quantitative estimate of drug-likeness (QED) is 0.824. The van der Waals surface area contributed by atoms with E-state index in [9.17, 15) is 0 Å². The molecular weight excluding hydrogens is 280 g/mol. The van der Waals surface area contributed by atoms with Gasteiger partial charge < -0.3 is 4.90 Å². The Morgan fingerprint density at radius 1 is 0.783 bits per heavy atom. The first kappa shape index (κ1) is 14.0. The zero-order valence-electron chi connectivity index (χ0n) is 13.2. The van der Waals surface area contributed by atoms with E-state index in [1.54, 1.807) is 0 Å². The molecule has 2 aromatic carbocycles. The molecule has 4 rings (SSSR count). The second kappa shape index (κ2) is 5.56. The smallest absolute Gasteiger partial charge is 0.106 e. The summed E-state index contributed by atoms with van der Waals surface area (Å²) in [4.78, 5) is 4.67. The normalized spacial score (nSPS) is 22.1. The van der Waals surface area contributed by atoms with Gasteiger partial charge in [0.1, 0.15) is 6.17 Å². The summed E-state index contributed by atoms with van der Waals surface area (Å²) >= 11 is 0. The standard InChI is InChI=1S/C21H20N2/c1-22-20-14-8-9-16-23(20)17-15-21(22,18-10-4-2-5-11-18)19-12-6-3-7-13-19/h2-17,20H,1H3. The number of benzene rings is 2. The van der Waals surface area contributed by atoms with E-state index < -0.39 is 0 Å².